The Morgan fingerprint density at radius 2 is 1.81 bits per heavy atom. The van der Waals surface area contributed by atoms with E-state index in [0.29, 0.717) is 10.1 Å². The number of aromatic nitrogens is 2. The molecule has 1 aliphatic carbocycles. The van der Waals surface area contributed by atoms with E-state index in [2.05, 4.69) is 20.2 Å². The van der Waals surface area contributed by atoms with Gasteiger partial charge in [-0.1, -0.05) is 47.7 Å². The molecule has 138 valence electrons. The molecular formula is C18H16N4O3S2. The van der Waals surface area contributed by atoms with Gasteiger partial charge in [-0.15, -0.1) is 10.2 Å². The molecule has 0 unspecified atom stereocenters. The predicted octanol–water partition coefficient (Wildman–Crippen LogP) is 2.90. The highest BCUT2D eigenvalue weighted by atomic mass is 32.2. The Morgan fingerprint density at radius 3 is 2.56 bits per heavy atom. The first-order valence-electron chi connectivity index (χ1n) is 8.34. The smallest absolute Gasteiger partial charge is 0.257 e. The molecule has 0 radical (unpaired) electrons. The van der Waals surface area contributed by atoms with Crippen LogP contribution in [0.2, 0.25) is 0 Å². The number of hydrogen-bond acceptors (Lipinski definition) is 6. The molecule has 0 bridgehead atoms. The molecule has 1 saturated carbocycles. The van der Waals surface area contributed by atoms with Crippen molar-refractivity contribution in [3.8, 4) is 10.6 Å². The number of carbonyl (C=O) groups excluding carboxylic acids is 1. The van der Waals surface area contributed by atoms with Gasteiger partial charge in [0.05, 0.1) is 4.90 Å². The van der Waals surface area contributed by atoms with E-state index in [0.717, 1.165) is 18.4 Å². The maximum absolute atomic E-state index is 12.5. The number of amides is 1. The van der Waals surface area contributed by atoms with Crippen LogP contribution in [0.1, 0.15) is 23.2 Å². The zero-order valence-electron chi connectivity index (χ0n) is 14.1. The summed E-state index contributed by atoms with van der Waals surface area (Å²) in [5.74, 6) is -0.436. The van der Waals surface area contributed by atoms with Crippen molar-refractivity contribution < 1.29 is 13.2 Å². The molecule has 27 heavy (non-hydrogen) atoms. The summed E-state index contributed by atoms with van der Waals surface area (Å²) in [5, 5.41) is 11.8. The van der Waals surface area contributed by atoms with Gasteiger partial charge in [-0.25, -0.2) is 13.1 Å². The molecule has 0 aliphatic heterocycles. The number of carbonyl (C=O) groups is 1. The van der Waals surface area contributed by atoms with Crippen LogP contribution in [0, 0.1) is 0 Å². The molecule has 4 rings (SSSR count). The van der Waals surface area contributed by atoms with E-state index in [-0.39, 0.29) is 16.5 Å². The topological polar surface area (TPSA) is 101 Å². The van der Waals surface area contributed by atoms with Gasteiger partial charge in [0.15, 0.2) is 0 Å². The third-order valence-electron chi connectivity index (χ3n) is 3.97. The van der Waals surface area contributed by atoms with Gasteiger partial charge >= 0.3 is 0 Å². The highest BCUT2D eigenvalue weighted by Gasteiger charge is 2.28. The third kappa shape index (κ3) is 4.21. The maximum Gasteiger partial charge on any atom is 0.257 e. The van der Waals surface area contributed by atoms with E-state index in [1.165, 1.54) is 23.5 Å². The Bertz CT molecular complexity index is 1080. The molecule has 9 heteroatoms. The van der Waals surface area contributed by atoms with Crippen molar-refractivity contribution >= 4 is 32.4 Å². The van der Waals surface area contributed by atoms with Gasteiger partial charge in [-0.2, -0.15) is 0 Å². The summed E-state index contributed by atoms with van der Waals surface area (Å²) >= 11 is 1.25. The van der Waals surface area contributed by atoms with E-state index >= 15 is 0 Å². The number of sulfonamides is 1. The number of nitrogens with one attached hydrogen (secondary N) is 2. The lowest BCUT2D eigenvalue weighted by Gasteiger charge is -2.07. The van der Waals surface area contributed by atoms with Crippen molar-refractivity contribution in [1.82, 2.24) is 14.9 Å². The first-order chi connectivity index (χ1) is 13.0. The van der Waals surface area contributed by atoms with Crippen LogP contribution in [0.4, 0.5) is 5.13 Å². The van der Waals surface area contributed by atoms with Crippen LogP contribution < -0.4 is 10.0 Å². The molecule has 7 nitrogen and oxygen atoms in total. The first-order valence-corrected chi connectivity index (χ1v) is 10.6. The number of nitrogens with zero attached hydrogens (tertiary/aromatic N) is 2. The summed E-state index contributed by atoms with van der Waals surface area (Å²) in [6, 6.07) is 15.5. The van der Waals surface area contributed by atoms with E-state index in [1.54, 1.807) is 12.1 Å². The Kier molecular flexibility index (Phi) is 4.73. The normalized spacial score (nSPS) is 14.1. The van der Waals surface area contributed by atoms with Crippen LogP contribution in [0.15, 0.2) is 59.5 Å². The van der Waals surface area contributed by atoms with Gasteiger partial charge < -0.3 is 0 Å². The fourth-order valence-electron chi connectivity index (χ4n) is 2.43. The van der Waals surface area contributed by atoms with Crippen molar-refractivity contribution in [2.45, 2.75) is 23.8 Å². The van der Waals surface area contributed by atoms with Crippen molar-refractivity contribution in [3.63, 3.8) is 0 Å². The zero-order valence-corrected chi connectivity index (χ0v) is 15.8. The van der Waals surface area contributed by atoms with Gasteiger partial charge in [0.2, 0.25) is 15.2 Å². The molecule has 2 N–H and O–H groups in total. The summed E-state index contributed by atoms with van der Waals surface area (Å²) in [4.78, 5) is 12.6. The van der Waals surface area contributed by atoms with Crippen LogP contribution in [0.25, 0.3) is 10.6 Å². The molecule has 1 fully saturated rings. The van der Waals surface area contributed by atoms with Gasteiger partial charge in [0.25, 0.3) is 5.91 Å². The molecule has 0 spiro atoms. The highest BCUT2D eigenvalue weighted by molar-refractivity contribution is 7.89. The lowest BCUT2D eigenvalue weighted by molar-refractivity contribution is 0.102. The highest BCUT2D eigenvalue weighted by Crippen LogP contribution is 2.26. The number of anilines is 1. The summed E-state index contributed by atoms with van der Waals surface area (Å²) in [7, 11) is -3.61. The average molecular weight is 400 g/mol. The van der Waals surface area contributed by atoms with E-state index in [4.69, 9.17) is 0 Å². The van der Waals surface area contributed by atoms with Crippen LogP contribution in [-0.2, 0) is 10.0 Å². The first kappa shape index (κ1) is 17.8. The fraction of sp³-hybridized carbons (Fsp3) is 0.167. The average Bonchev–Trinajstić information content (AvgIpc) is 3.36. The van der Waals surface area contributed by atoms with Gasteiger partial charge in [-0.05, 0) is 31.0 Å². The molecule has 2 aromatic carbocycles. The Labute approximate surface area is 160 Å². The maximum atomic E-state index is 12.5. The van der Waals surface area contributed by atoms with Gasteiger partial charge in [-0.3, -0.25) is 10.1 Å². The zero-order chi connectivity index (χ0) is 18.9. The monoisotopic (exact) mass is 400 g/mol. The molecule has 1 amide bonds. The molecule has 3 aromatic rings. The minimum Gasteiger partial charge on any atom is -0.296 e. The quantitative estimate of drug-likeness (QED) is 0.663. The SMILES string of the molecule is O=C(Nc1nnc(-c2ccccc2)s1)c1cccc(S(=O)(=O)NC2CC2)c1. The number of rotatable bonds is 6. The minimum atomic E-state index is -3.61. The van der Waals surface area contributed by atoms with Crippen LogP contribution in [0.5, 0.6) is 0 Å². The standard InChI is InChI=1S/C18H16N4O3S2/c23-16(19-18-21-20-17(26-18)12-5-2-1-3-6-12)13-7-4-8-15(11-13)27(24,25)22-14-9-10-14/h1-8,11,14,22H,9-10H2,(H,19,21,23). The molecule has 0 saturated heterocycles. The number of benzene rings is 2. The lowest BCUT2D eigenvalue weighted by Crippen LogP contribution is -2.26. The van der Waals surface area contributed by atoms with Crippen LogP contribution in [-0.4, -0.2) is 30.6 Å². The van der Waals surface area contributed by atoms with E-state index in [1.807, 2.05) is 30.3 Å². The predicted molar refractivity (Wildman–Crippen MR) is 103 cm³/mol. The van der Waals surface area contributed by atoms with Crippen molar-refractivity contribution in [1.29, 1.82) is 0 Å². The molecule has 1 heterocycles. The van der Waals surface area contributed by atoms with E-state index < -0.39 is 15.9 Å². The molecule has 0 atom stereocenters. The Morgan fingerprint density at radius 1 is 1.04 bits per heavy atom. The summed E-state index contributed by atoms with van der Waals surface area (Å²) in [5.41, 5.74) is 1.15. The number of hydrogen-bond donors (Lipinski definition) is 2. The fourth-order valence-corrected chi connectivity index (χ4v) is 4.53. The summed E-state index contributed by atoms with van der Waals surface area (Å²) < 4.78 is 27.2. The van der Waals surface area contributed by atoms with Gasteiger partial charge in [0.1, 0.15) is 5.01 Å². The Balaban J connectivity index is 1.50. The van der Waals surface area contributed by atoms with Crippen molar-refractivity contribution in [2.24, 2.45) is 0 Å². The van der Waals surface area contributed by atoms with Crippen molar-refractivity contribution in [3.05, 3.63) is 60.2 Å². The second-order valence-corrected chi connectivity index (χ2v) is 8.85. The van der Waals surface area contributed by atoms with Crippen molar-refractivity contribution in [2.75, 3.05) is 5.32 Å². The second-order valence-electron chi connectivity index (χ2n) is 6.16. The van der Waals surface area contributed by atoms with E-state index in [9.17, 15) is 13.2 Å². The van der Waals surface area contributed by atoms with Crippen LogP contribution in [0.3, 0.4) is 0 Å². The lowest BCUT2D eigenvalue weighted by atomic mass is 10.2. The minimum absolute atomic E-state index is 0.00489. The largest absolute Gasteiger partial charge is 0.296 e. The summed E-state index contributed by atoms with van der Waals surface area (Å²) in [6.07, 6.45) is 1.69. The summed E-state index contributed by atoms with van der Waals surface area (Å²) in [6.45, 7) is 0. The molecule has 1 aliphatic rings. The molecule has 1 aromatic heterocycles. The Hall–Kier alpha value is -2.62. The second kappa shape index (κ2) is 7.18. The molecular weight excluding hydrogens is 384 g/mol. The van der Waals surface area contributed by atoms with Gasteiger partial charge in [0, 0.05) is 17.2 Å². The third-order valence-corrected chi connectivity index (χ3v) is 6.38. The van der Waals surface area contributed by atoms with Crippen LogP contribution >= 0.6 is 11.3 Å².